The van der Waals surface area contributed by atoms with E-state index in [1.54, 1.807) is 0 Å². The summed E-state index contributed by atoms with van der Waals surface area (Å²) in [4.78, 5) is 4.82. The van der Waals surface area contributed by atoms with Gasteiger partial charge in [-0.15, -0.1) is 0 Å². The van der Waals surface area contributed by atoms with Crippen molar-refractivity contribution in [2.45, 2.75) is 46.5 Å². The van der Waals surface area contributed by atoms with Gasteiger partial charge >= 0.3 is 0 Å². The number of aryl methyl sites for hydroxylation is 2. The minimum absolute atomic E-state index is 0.413. The number of anilines is 1. The summed E-state index contributed by atoms with van der Waals surface area (Å²) < 4.78 is 0. The first-order chi connectivity index (χ1) is 8.56. The van der Waals surface area contributed by atoms with Crippen molar-refractivity contribution in [2.24, 2.45) is 5.73 Å². The van der Waals surface area contributed by atoms with Gasteiger partial charge in [-0.3, -0.25) is 4.98 Å². The Hall–Kier alpha value is -1.16. The highest BCUT2D eigenvalue weighted by Gasteiger charge is 2.10. The minimum Gasteiger partial charge on any atom is -0.389 e. The van der Waals surface area contributed by atoms with Gasteiger partial charge in [0.05, 0.1) is 5.56 Å². The third-order valence-electron chi connectivity index (χ3n) is 2.92. The zero-order valence-corrected chi connectivity index (χ0v) is 12.4. The summed E-state index contributed by atoms with van der Waals surface area (Å²) in [5.41, 5.74) is 9.56. The van der Waals surface area contributed by atoms with Crippen LogP contribution in [0.3, 0.4) is 0 Å². The van der Waals surface area contributed by atoms with E-state index in [0.29, 0.717) is 4.99 Å². The summed E-state index contributed by atoms with van der Waals surface area (Å²) in [6, 6.07) is 2.02. The summed E-state index contributed by atoms with van der Waals surface area (Å²) >= 11 is 5.10. The number of hydrogen-bond donors (Lipinski definition) is 2. The first kappa shape index (κ1) is 14.9. The highest BCUT2D eigenvalue weighted by atomic mass is 32.1. The number of pyridine rings is 1. The van der Waals surface area contributed by atoms with Gasteiger partial charge in [0.25, 0.3) is 0 Å². The maximum atomic E-state index is 5.77. The molecular weight excluding hydrogens is 242 g/mol. The average molecular weight is 265 g/mol. The quantitative estimate of drug-likeness (QED) is 0.586. The molecule has 100 valence electrons. The zero-order valence-electron chi connectivity index (χ0n) is 11.5. The van der Waals surface area contributed by atoms with Gasteiger partial charge in [-0.1, -0.05) is 38.4 Å². The fourth-order valence-corrected chi connectivity index (χ4v) is 2.31. The lowest BCUT2D eigenvalue weighted by atomic mass is 10.1. The normalized spacial score (nSPS) is 10.4. The first-order valence-electron chi connectivity index (χ1n) is 6.58. The van der Waals surface area contributed by atoms with Crippen molar-refractivity contribution >= 4 is 22.9 Å². The van der Waals surface area contributed by atoms with Crippen LogP contribution in [0.2, 0.25) is 0 Å². The van der Waals surface area contributed by atoms with Gasteiger partial charge in [-0.2, -0.15) is 0 Å². The van der Waals surface area contributed by atoms with Crippen molar-refractivity contribution < 1.29 is 0 Å². The Kier molecular flexibility index (Phi) is 6.05. The number of aromatic nitrogens is 1. The smallest absolute Gasteiger partial charge is 0.107 e. The number of nitrogens with one attached hydrogen (secondary N) is 1. The van der Waals surface area contributed by atoms with Crippen molar-refractivity contribution in [3.63, 3.8) is 0 Å². The third kappa shape index (κ3) is 4.26. The molecule has 1 aromatic rings. The van der Waals surface area contributed by atoms with E-state index in [-0.39, 0.29) is 0 Å². The number of hydrogen-bond acceptors (Lipinski definition) is 3. The van der Waals surface area contributed by atoms with Crippen LogP contribution in [0.5, 0.6) is 0 Å². The maximum Gasteiger partial charge on any atom is 0.107 e. The molecule has 0 aliphatic heterocycles. The fourth-order valence-electron chi connectivity index (χ4n) is 2.05. The van der Waals surface area contributed by atoms with E-state index < -0.39 is 0 Å². The second kappa shape index (κ2) is 7.31. The number of thiocarbonyl (C=S) groups is 1. The zero-order chi connectivity index (χ0) is 13.5. The predicted molar refractivity (Wildman–Crippen MR) is 82.2 cm³/mol. The van der Waals surface area contributed by atoms with Crippen LogP contribution in [0, 0.1) is 13.8 Å². The summed E-state index contributed by atoms with van der Waals surface area (Å²) in [5, 5.41) is 3.43. The van der Waals surface area contributed by atoms with Crippen LogP contribution in [0.4, 0.5) is 5.69 Å². The summed E-state index contributed by atoms with van der Waals surface area (Å²) in [6.07, 6.45) is 4.98. The highest BCUT2D eigenvalue weighted by molar-refractivity contribution is 7.80. The molecule has 3 nitrogen and oxygen atoms in total. The van der Waals surface area contributed by atoms with Gasteiger partial charge in [-0.25, -0.2) is 0 Å². The van der Waals surface area contributed by atoms with Gasteiger partial charge in [0, 0.05) is 23.6 Å². The van der Waals surface area contributed by atoms with E-state index in [1.165, 1.54) is 25.7 Å². The lowest BCUT2D eigenvalue weighted by molar-refractivity contribution is 0.685. The van der Waals surface area contributed by atoms with E-state index >= 15 is 0 Å². The van der Waals surface area contributed by atoms with Crippen LogP contribution in [0.25, 0.3) is 0 Å². The number of unbranched alkanes of at least 4 members (excludes halogenated alkanes) is 3. The van der Waals surface area contributed by atoms with Crippen molar-refractivity contribution in [1.29, 1.82) is 0 Å². The fraction of sp³-hybridized carbons (Fsp3) is 0.571. The Morgan fingerprint density at radius 2 is 2.06 bits per heavy atom. The van der Waals surface area contributed by atoms with E-state index in [1.807, 2.05) is 19.9 Å². The van der Waals surface area contributed by atoms with E-state index in [9.17, 15) is 0 Å². The van der Waals surface area contributed by atoms with Gasteiger partial charge in [0.2, 0.25) is 0 Å². The molecule has 0 aliphatic carbocycles. The first-order valence-corrected chi connectivity index (χ1v) is 6.99. The molecule has 0 saturated heterocycles. The second-order valence-corrected chi connectivity index (χ2v) is 5.06. The molecule has 1 aromatic heterocycles. The molecule has 0 amide bonds. The Balaban J connectivity index is 2.71. The van der Waals surface area contributed by atoms with Crippen LogP contribution < -0.4 is 11.1 Å². The minimum atomic E-state index is 0.413. The standard InChI is InChI=1S/C14H23N3S/c1-4-5-6-7-8-16-12-9-10(2)17-11(3)13(12)14(15)18/h9H,4-8H2,1-3H3,(H2,15,18)(H,16,17). The molecule has 0 bridgehead atoms. The Bertz CT molecular complexity index is 416. The molecule has 3 N–H and O–H groups in total. The lowest BCUT2D eigenvalue weighted by Gasteiger charge is -2.14. The van der Waals surface area contributed by atoms with Gasteiger partial charge in [0.1, 0.15) is 4.99 Å². The third-order valence-corrected chi connectivity index (χ3v) is 3.12. The van der Waals surface area contributed by atoms with Gasteiger partial charge in [-0.05, 0) is 26.3 Å². The van der Waals surface area contributed by atoms with Crippen LogP contribution in [-0.4, -0.2) is 16.5 Å². The molecule has 0 aliphatic rings. The second-order valence-electron chi connectivity index (χ2n) is 4.62. The molecule has 0 unspecified atom stereocenters. The van der Waals surface area contributed by atoms with Crippen LogP contribution in [-0.2, 0) is 0 Å². The monoisotopic (exact) mass is 265 g/mol. The van der Waals surface area contributed by atoms with E-state index in [2.05, 4.69) is 17.2 Å². The molecule has 4 heteroatoms. The van der Waals surface area contributed by atoms with Crippen LogP contribution in [0.1, 0.15) is 49.6 Å². The largest absolute Gasteiger partial charge is 0.389 e. The molecular formula is C14H23N3S. The Labute approximate surface area is 115 Å². The Morgan fingerprint density at radius 3 is 2.67 bits per heavy atom. The number of rotatable bonds is 7. The Morgan fingerprint density at radius 1 is 1.33 bits per heavy atom. The summed E-state index contributed by atoms with van der Waals surface area (Å²) in [6.45, 7) is 7.11. The van der Waals surface area contributed by atoms with Gasteiger partial charge < -0.3 is 11.1 Å². The molecule has 0 fully saturated rings. The van der Waals surface area contributed by atoms with E-state index in [0.717, 1.165) is 29.2 Å². The summed E-state index contributed by atoms with van der Waals surface area (Å²) in [7, 11) is 0. The molecule has 0 radical (unpaired) electrons. The molecule has 18 heavy (non-hydrogen) atoms. The summed E-state index contributed by atoms with van der Waals surface area (Å²) in [5.74, 6) is 0. The van der Waals surface area contributed by atoms with Crippen molar-refractivity contribution in [3.05, 3.63) is 23.0 Å². The molecule has 0 atom stereocenters. The van der Waals surface area contributed by atoms with Crippen LogP contribution >= 0.6 is 12.2 Å². The molecule has 1 rings (SSSR count). The lowest BCUT2D eigenvalue weighted by Crippen LogP contribution is -2.17. The van der Waals surface area contributed by atoms with Crippen molar-refractivity contribution in [3.8, 4) is 0 Å². The maximum absolute atomic E-state index is 5.77. The highest BCUT2D eigenvalue weighted by Crippen LogP contribution is 2.19. The number of nitrogens with zero attached hydrogens (tertiary/aromatic N) is 1. The van der Waals surface area contributed by atoms with Gasteiger partial charge in [0.15, 0.2) is 0 Å². The van der Waals surface area contributed by atoms with Crippen LogP contribution in [0.15, 0.2) is 6.07 Å². The molecule has 0 spiro atoms. The van der Waals surface area contributed by atoms with Crippen molar-refractivity contribution in [2.75, 3.05) is 11.9 Å². The number of nitrogens with two attached hydrogens (primary N) is 1. The predicted octanol–water partition coefficient (Wildman–Crippen LogP) is 3.32. The van der Waals surface area contributed by atoms with Crippen molar-refractivity contribution in [1.82, 2.24) is 4.98 Å². The molecule has 0 saturated carbocycles. The SMILES string of the molecule is CCCCCCNc1cc(C)nc(C)c1C(N)=S. The average Bonchev–Trinajstić information content (AvgIpc) is 2.27. The molecule has 0 aromatic carbocycles. The topological polar surface area (TPSA) is 50.9 Å². The molecule has 1 heterocycles. The van der Waals surface area contributed by atoms with E-state index in [4.69, 9.17) is 18.0 Å².